The molecule has 1 aromatic carbocycles. The molecule has 1 fully saturated rings. The van der Waals surface area contributed by atoms with Gasteiger partial charge >= 0.3 is 5.97 Å². The lowest BCUT2D eigenvalue weighted by molar-refractivity contribution is 0.0514. The molecule has 1 aliphatic heterocycles. The van der Waals surface area contributed by atoms with Gasteiger partial charge in [0.2, 0.25) is 5.69 Å². The highest BCUT2D eigenvalue weighted by atomic mass is 32.2. The average Bonchev–Trinajstić information content (AvgIpc) is 2.98. The molecule has 2 heterocycles. The van der Waals surface area contributed by atoms with Gasteiger partial charge in [-0.1, -0.05) is 67.8 Å². The van der Waals surface area contributed by atoms with Gasteiger partial charge in [-0.3, -0.25) is 10.2 Å². The van der Waals surface area contributed by atoms with Crippen LogP contribution < -0.4 is 5.43 Å². The second-order valence-corrected chi connectivity index (χ2v) is 8.38. The molecule has 0 saturated heterocycles. The van der Waals surface area contributed by atoms with Gasteiger partial charge in [0.05, 0.1) is 17.4 Å². The minimum Gasteiger partial charge on any atom is -0.461 e. The Bertz CT molecular complexity index is 860. The number of thioether (sulfide) groups is 1. The van der Waals surface area contributed by atoms with Gasteiger partial charge in [0, 0.05) is 5.56 Å². The van der Waals surface area contributed by atoms with Gasteiger partial charge in [-0.25, -0.2) is 4.79 Å². The number of carbonyl (C=O) groups is 2. The Morgan fingerprint density at radius 1 is 1.21 bits per heavy atom. The van der Waals surface area contributed by atoms with Crippen LogP contribution in [0.1, 0.15) is 66.3 Å². The lowest BCUT2D eigenvalue weighted by Gasteiger charge is -2.43. The average molecular weight is 401 g/mol. The molecule has 2 aromatic rings. The SMILES string of the molecule is CCOC(=O)c1nnn2c1SC(C(=O)c1ccccc1)C1(CCCCCC1)N2. The summed E-state index contributed by atoms with van der Waals surface area (Å²) in [6.45, 7) is 2.01. The standard InChI is InChI=1S/C20H24N4O3S/c1-2-27-19(26)15-18-24(23-21-15)22-20(12-8-3-4-9-13-20)17(28-18)16(25)14-10-6-5-7-11-14/h5-7,10-11,17,22H,2-4,8-9,12-13H2,1H3. The van der Waals surface area contributed by atoms with Crippen molar-refractivity contribution in [3.63, 3.8) is 0 Å². The van der Waals surface area contributed by atoms with Crippen molar-refractivity contribution in [2.75, 3.05) is 12.0 Å². The number of Topliss-reactive ketones (excluding diaryl/α,β-unsaturated/α-hetero) is 1. The van der Waals surface area contributed by atoms with E-state index in [4.69, 9.17) is 4.74 Å². The van der Waals surface area contributed by atoms with Gasteiger partial charge in [-0.15, -0.1) is 5.10 Å². The van der Waals surface area contributed by atoms with Crippen LogP contribution >= 0.6 is 11.8 Å². The van der Waals surface area contributed by atoms with E-state index < -0.39 is 11.5 Å². The summed E-state index contributed by atoms with van der Waals surface area (Å²) in [5.41, 5.74) is 3.91. The molecule has 1 spiro atoms. The van der Waals surface area contributed by atoms with E-state index >= 15 is 0 Å². The fourth-order valence-corrected chi connectivity index (χ4v) is 5.46. The highest BCUT2D eigenvalue weighted by Gasteiger charge is 2.49. The van der Waals surface area contributed by atoms with Crippen LogP contribution in [-0.2, 0) is 4.74 Å². The topological polar surface area (TPSA) is 86.1 Å². The highest BCUT2D eigenvalue weighted by molar-refractivity contribution is 8.00. The number of esters is 1. The van der Waals surface area contributed by atoms with Crippen LogP contribution in [0.25, 0.3) is 0 Å². The first-order valence-electron chi connectivity index (χ1n) is 9.81. The molecule has 0 bridgehead atoms. The minimum atomic E-state index is -0.513. The fourth-order valence-electron chi connectivity index (χ4n) is 4.07. The third kappa shape index (κ3) is 3.41. The first kappa shape index (κ1) is 19.0. The van der Waals surface area contributed by atoms with Gasteiger partial charge in [0.1, 0.15) is 0 Å². The largest absolute Gasteiger partial charge is 0.461 e. The number of hydrogen-bond acceptors (Lipinski definition) is 7. The van der Waals surface area contributed by atoms with Crippen LogP contribution in [0.2, 0.25) is 0 Å². The molecule has 7 nitrogen and oxygen atoms in total. The van der Waals surface area contributed by atoms with Crippen molar-refractivity contribution in [3.8, 4) is 0 Å². The number of benzene rings is 1. The van der Waals surface area contributed by atoms with E-state index in [9.17, 15) is 9.59 Å². The smallest absolute Gasteiger partial charge is 0.361 e. The molecule has 8 heteroatoms. The molecule has 1 aromatic heterocycles. The third-order valence-electron chi connectivity index (χ3n) is 5.45. The second-order valence-electron chi connectivity index (χ2n) is 7.29. The number of ketones is 1. The molecule has 0 radical (unpaired) electrons. The summed E-state index contributed by atoms with van der Waals surface area (Å²) in [6.07, 6.45) is 6.22. The van der Waals surface area contributed by atoms with E-state index in [1.54, 1.807) is 11.7 Å². The molecule has 0 amide bonds. The quantitative estimate of drug-likeness (QED) is 0.621. The minimum absolute atomic E-state index is 0.0715. The zero-order valence-electron chi connectivity index (χ0n) is 15.9. The van der Waals surface area contributed by atoms with E-state index in [0.29, 0.717) is 10.6 Å². The number of nitrogens with zero attached hydrogens (tertiary/aromatic N) is 3. The van der Waals surface area contributed by atoms with E-state index in [2.05, 4.69) is 15.7 Å². The van der Waals surface area contributed by atoms with Crippen LogP contribution in [0.5, 0.6) is 0 Å². The van der Waals surface area contributed by atoms with Gasteiger partial charge in [-0.2, -0.15) is 4.79 Å². The van der Waals surface area contributed by atoms with E-state index in [-0.39, 0.29) is 23.3 Å². The Hall–Kier alpha value is -2.35. The number of aromatic nitrogens is 3. The zero-order chi connectivity index (χ0) is 19.6. The predicted octanol–water partition coefficient (Wildman–Crippen LogP) is 3.45. The maximum Gasteiger partial charge on any atom is 0.361 e. The van der Waals surface area contributed by atoms with Crippen molar-refractivity contribution in [2.24, 2.45) is 0 Å². The number of carbonyl (C=O) groups excluding carboxylic acids is 2. The summed E-state index contributed by atoms with van der Waals surface area (Å²) in [5, 5.41) is 8.35. The summed E-state index contributed by atoms with van der Waals surface area (Å²) in [6, 6.07) is 9.36. The molecular formula is C20H24N4O3S. The van der Waals surface area contributed by atoms with Crippen LogP contribution in [0.15, 0.2) is 35.4 Å². The summed E-state index contributed by atoms with van der Waals surface area (Å²) in [5.74, 6) is -0.442. The first-order valence-corrected chi connectivity index (χ1v) is 10.7. The molecule has 148 valence electrons. The maximum absolute atomic E-state index is 13.5. The van der Waals surface area contributed by atoms with Crippen molar-refractivity contribution in [3.05, 3.63) is 41.6 Å². The Labute approximate surface area is 168 Å². The lowest BCUT2D eigenvalue weighted by atomic mass is 9.83. The Balaban J connectivity index is 1.74. The molecule has 1 N–H and O–H groups in total. The summed E-state index contributed by atoms with van der Waals surface area (Å²) in [7, 11) is 0. The number of rotatable bonds is 4. The molecule has 1 atom stereocenters. The van der Waals surface area contributed by atoms with Crippen molar-refractivity contribution in [2.45, 2.75) is 61.3 Å². The molecule has 1 unspecified atom stereocenters. The van der Waals surface area contributed by atoms with Crippen molar-refractivity contribution >= 4 is 23.5 Å². The molecule has 4 rings (SSSR count). The normalized spacial score (nSPS) is 20.7. The monoisotopic (exact) mass is 400 g/mol. The number of hydrogen-bond donors (Lipinski definition) is 1. The number of fused-ring (bicyclic) bond motifs is 1. The maximum atomic E-state index is 13.5. The molecule has 28 heavy (non-hydrogen) atoms. The predicted molar refractivity (Wildman–Crippen MR) is 106 cm³/mol. The molecule has 1 saturated carbocycles. The first-order chi connectivity index (χ1) is 13.6. The van der Waals surface area contributed by atoms with E-state index in [1.807, 2.05) is 30.3 Å². The molecule has 2 aliphatic rings. The van der Waals surface area contributed by atoms with Gasteiger partial charge in [0.15, 0.2) is 10.8 Å². The van der Waals surface area contributed by atoms with Crippen LogP contribution in [0.3, 0.4) is 0 Å². The second kappa shape index (κ2) is 7.95. The van der Waals surface area contributed by atoms with E-state index in [1.165, 1.54) is 24.6 Å². The molecule has 1 aliphatic carbocycles. The van der Waals surface area contributed by atoms with Crippen molar-refractivity contribution in [1.82, 2.24) is 15.1 Å². The fraction of sp³-hybridized carbons (Fsp3) is 0.500. The van der Waals surface area contributed by atoms with E-state index in [0.717, 1.165) is 25.7 Å². The zero-order valence-corrected chi connectivity index (χ0v) is 16.7. The lowest BCUT2D eigenvalue weighted by Crippen LogP contribution is -2.57. The van der Waals surface area contributed by atoms with Gasteiger partial charge < -0.3 is 4.74 Å². The van der Waals surface area contributed by atoms with Crippen molar-refractivity contribution in [1.29, 1.82) is 0 Å². The van der Waals surface area contributed by atoms with Crippen LogP contribution in [0, 0.1) is 0 Å². The summed E-state index contributed by atoms with van der Waals surface area (Å²) >= 11 is 1.39. The third-order valence-corrected chi connectivity index (χ3v) is 6.94. The summed E-state index contributed by atoms with van der Waals surface area (Å²) < 4.78 is 5.11. The Morgan fingerprint density at radius 3 is 2.61 bits per heavy atom. The Kier molecular flexibility index (Phi) is 5.39. The highest BCUT2D eigenvalue weighted by Crippen LogP contribution is 2.44. The number of nitrogens with one attached hydrogen (secondary N) is 1. The Morgan fingerprint density at radius 2 is 1.93 bits per heavy atom. The van der Waals surface area contributed by atoms with Gasteiger partial charge in [-0.05, 0) is 25.0 Å². The summed E-state index contributed by atoms with van der Waals surface area (Å²) in [4.78, 5) is 27.3. The van der Waals surface area contributed by atoms with Crippen LogP contribution in [-0.4, -0.2) is 44.3 Å². The van der Waals surface area contributed by atoms with Crippen LogP contribution in [0.4, 0.5) is 0 Å². The number of ether oxygens (including phenoxy) is 1. The van der Waals surface area contributed by atoms with Gasteiger partial charge in [0.25, 0.3) is 0 Å². The van der Waals surface area contributed by atoms with Crippen molar-refractivity contribution < 1.29 is 14.3 Å². The molecular weight excluding hydrogens is 376 g/mol.